The zero-order chi connectivity index (χ0) is 16.7. The third kappa shape index (κ3) is 3.21. The van der Waals surface area contributed by atoms with E-state index in [-0.39, 0.29) is 6.10 Å². The van der Waals surface area contributed by atoms with Crippen LogP contribution in [0.25, 0.3) is 0 Å². The summed E-state index contributed by atoms with van der Waals surface area (Å²) in [5.41, 5.74) is 0. The molecule has 6 aliphatic rings. The van der Waals surface area contributed by atoms with Crippen molar-refractivity contribution < 1.29 is 19.4 Å². The molecule has 0 aromatic carbocycles. The van der Waals surface area contributed by atoms with E-state index in [1.165, 1.54) is 64.2 Å². The van der Waals surface area contributed by atoms with Gasteiger partial charge in [-0.1, -0.05) is 25.7 Å². The minimum absolute atomic E-state index is 0.0157. The van der Waals surface area contributed by atoms with Crippen LogP contribution < -0.4 is 0 Å². The van der Waals surface area contributed by atoms with E-state index >= 15 is 0 Å². The third-order valence-electron chi connectivity index (χ3n) is 7.61. The molecule has 6 saturated carbocycles. The quantitative estimate of drug-likeness (QED) is 0.609. The second-order valence-corrected chi connectivity index (χ2v) is 8.89. The van der Waals surface area contributed by atoms with Crippen molar-refractivity contribution in [2.75, 3.05) is 0 Å². The van der Waals surface area contributed by atoms with Gasteiger partial charge < -0.3 is 9.84 Å². The van der Waals surface area contributed by atoms with E-state index in [9.17, 15) is 9.59 Å². The molecule has 134 valence electrons. The molecule has 2 atom stereocenters. The molecule has 2 unspecified atom stereocenters. The number of carbonyl (C=O) groups is 2. The smallest absolute Gasteiger partial charge is 0.317 e. The lowest BCUT2D eigenvalue weighted by atomic mass is 9.56. The summed E-state index contributed by atoms with van der Waals surface area (Å²) in [7, 11) is 0. The predicted octanol–water partition coefficient (Wildman–Crippen LogP) is 4.03. The molecule has 0 saturated heterocycles. The number of carboxylic acid groups (broad SMARTS) is 1. The van der Waals surface area contributed by atoms with Gasteiger partial charge in [0.25, 0.3) is 0 Å². The Morgan fingerprint density at radius 1 is 0.833 bits per heavy atom. The van der Waals surface area contributed by atoms with Gasteiger partial charge in [-0.25, -0.2) is 0 Å². The summed E-state index contributed by atoms with van der Waals surface area (Å²) in [6, 6.07) is 0. The number of carboxylic acids is 1. The maximum absolute atomic E-state index is 12.2. The van der Waals surface area contributed by atoms with Crippen molar-refractivity contribution in [2.24, 2.45) is 35.5 Å². The first-order chi connectivity index (χ1) is 11.6. The second kappa shape index (κ2) is 6.68. The molecule has 0 amide bonds. The van der Waals surface area contributed by atoms with Crippen LogP contribution in [0.2, 0.25) is 0 Å². The second-order valence-electron chi connectivity index (χ2n) is 8.89. The van der Waals surface area contributed by atoms with Crippen LogP contribution in [0.3, 0.4) is 0 Å². The first-order valence-corrected chi connectivity index (χ1v) is 10.0. The van der Waals surface area contributed by atoms with E-state index in [1.54, 1.807) is 0 Å². The molecule has 4 heteroatoms. The summed E-state index contributed by atoms with van der Waals surface area (Å²) in [6.07, 6.45) is 12.4. The Bertz CT molecular complexity index is 456. The average molecular weight is 334 g/mol. The maximum atomic E-state index is 12.2. The molecule has 0 aliphatic heterocycles. The van der Waals surface area contributed by atoms with Crippen LogP contribution in [0.1, 0.15) is 70.6 Å². The molecule has 4 nitrogen and oxygen atoms in total. The maximum Gasteiger partial charge on any atom is 0.317 e. The van der Waals surface area contributed by atoms with E-state index in [1.807, 2.05) is 0 Å². The van der Waals surface area contributed by atoms with Gasteiger partial charge in [0.1, 0.15) is 12.5 Å². The molecule has 6 rings (SSSR count). The van der Waals surface area contributed by atoms with Gasteiger partial charge in [0.15, 0.2) is 0 Å². The van der Waals surface area contributed by atoms with Gasteiger partial charge in [0.05, 0.1) is 0 Å². The van der Waals surface area contributed by atoms with Crippen molar-refractivity contribution in [3.63, 3.8) is 0 Å². The topological polar surface area (TPSA) is 63.6 Å². The zero-order valence-corrected chi connectivity index (χ0v) is 14.5. The summed E-state index contributed by atoms with van der Waals surface area (Å²) in [5.74, 6) is 2.38. The van der Waals surface area contributed by atoms with Crippen LogP contribution in [0.15, 0.2) is 0 Å². The molecule has 4 bridgehead atoms. The number of rotatable bonds is 5. The van der Waals surface area contributed by atoms with Crippen molar-refractivity contribution in [1.29, 1.82) is 0 Å². The van der Waals surface area contributed by atoms with E-state index in [4.69, 9.17) is 9.84 Å². The summed E-state index contributed by atoms with van der Waals surface area (Å²) < 4.78 is 5.93. The van der Waals surface area contributed by atoms with Crippen molar-refractivity contribution >= 4 is 11.9 Å². The number of fused-ring (bicyclic) bond motifs is 6. The van der Waals surface area contributed by atoms with E-state index in [0.29, 0.717) is 23.7 Å². The number of hydrogen-bond donors (Lipinski definition) is 1. The molecule has 0 aromatic heterocycles. The number of esters is 1. The van der Waals surface area contributed by atoms with Crippen molar-refractivity contribution in [1.82, 2.24) is 0 Å². The fourth-order valence-corrected chi connectivity index (χ4v) is 6.47. The molecule has 24 heavy (non-hydrogen) atoms. The minimum atomic E-state index is -1.07. The number of hydrogen-bond acceptors (Lipinski definition) is 3. The molecule has 0 aromatic rings. The molecular weight excluding hydrogens is 304 g/mol. The lowest BCUT2D eigenvalue weighted by molar-refractivity contribution is -0.169. The number of ether oxygens (including phenoxy) is 1. The first-order valence-electron chi connectivity index (χ1n) is 10.0. The molecule has 6 fully saturated rings. The Morgan fingerprint density at radius 3 is 1.62 bits per heavy atom. The summed E-state index contributed by atoms with van der Waals surface area (Å²) in [5, 5.41) is 8.93. The van der Waals surface area contributed by atoms with E-state index in [2.05, 4.69) is 0 Å². The Labute approximate surface area is 144 Å². The largest absolute Gasteiger partial charge is 0.481 e. The van der Waals surface area contributed by atoms with Gasteiger partial charge in [0.2, 0.25) is 0 Å². The van der Waals surface area contributed by atoms with Crippen molar-refractivity contribution in [3.05, 3.63) is 0 Å². The van der Waals surface area contributed by atoms with Crippen LogP contribution in [0, 0.1) is 35.5 Å². The normalized spacial score (nSPS) is 41.8. The van der Waals surface area contributed by atoms with Gasteiger partial charge >= 0.3 is 11.9 Å². The Morgan fingerprint density at radius 2 is 1.29 bits per heavy atom. The lowest BCUT2D eigenvalue weighted by Gasteiger charge is -2.51. The molecule has 6 aliphatic carbocycles. The predicted molar refractivity (Wildman–Crippen MR) is 89.2 cm³/mol. The van der Waals surface area contributed by atoms with Crippen LogP contribution >= 0.6 is 0 Å². The van der Waals surface area contributed by atoms with Gasteiger partial charge in [0, 0.05) is 0 Å². The Balaban J connectivity index is 1.53. The Hall–Kier alpha value is -1.06. The fourth-order valence-electron chi connectivity index (χ4n) is 6.47. The average Bonchev–Trinajstić information content (AvgIpc) is 2.61. The lowest BCUT2D eigenvalue weighted by Crippen LogP contribution is -2.48. The van der Waals surface area contributed by atoms with Gasteiger partial charge in [-0.2, -0.15) is 0 Å². The van der Waals surface area contributed by atoms with Crippen LogP contribution in [-0.2, 0) is 14.3 Å². The molecule has 0 radical (unpaired) electrons. The highest BCUT2D eigenvalue weighted by atomic mass is 16.5. The fraction of sp³-hybridized carbons (Fsp3) is 0.900. The highest BCUT2D eigenvalue weighted by molar-refractivity contribution is 5.90. The summed E-state index contributed by atoms with van der Waals surface area (Å²) in [4.78, 5) is 23.1. The third-order valence-corrected chi connectivity index (χ3v) is 7.61. The van der Waals surface area contributed by atoms with Crippen LogP contribution in [-0.4, -0.2) is 23.1 Å². The van der Waals surface area contributed by atoms with Crippen LogP contribution in [0.5, 0.6) is 0 Å². The molecule has 0 spiro atoms. The number of aliphatic carboxylic acids is 1. The molecule has 0 heterocycles. The summed E-state index contributed by atoms with van der Waals surface area (Å²) in [6.45, 7) is 0. The molecular formula is C20H30O4. The summed E-state index contributed by atoms with van der Waals surface area (Å²) >= 11 is 0. The highest BCUT2D eigenvalue weighted by Crippen LogP contribution is 2.53. The zero-order valence-electron chi connectivity index (χ0n) is 14.5. The van der Waals surface area contributed by atoms with Gasteiger partial charge in [-0.05, 0) is 74.0 Å². The van der Waals surface area contributed by atoms with Crippen molar-refractivity contribution in [3.8, 4) is 0 Å². The van der Waals surface area contributed by atoms with E-state index in [0.717, 1.165) is 11.8 Å². The van der Waals surface area contributed by atoms with Gasteiger partial charge in [-0.15, -0.1) is 0 Å². The monoisotopic (exact) mass is 334 g/mol. The standard InChI is InChI=1S/C20H30O4/c21-18(22)11-19(23)24-20(16-9-12-1-5-14(16)6-2-12)17-10-13-3-7-15(17)8-4-13/h12-17,20H,1-11H2,(H,21,22). The van der Waals surface area contributed by atoms with Gasteiger partial charge in [-0.3, -0.25) is 9.59 Å². The van der Waals surface area contributed by atoms with E-state index < -0.39 is 18.4 Å². The first kappa shape index (κ1) is 16.4. The van der Waals surface area contributed by atoms with Crippen LogP contribution in [0.4, 0.5) is 0 Å². The minimum Gasteiger partial charge on any atom is -0.481 e. The highest BCUT2D eigenvalue weighted by Gasteiger charge is 2.48. The number of carbonyl (C=O) groups excluding carboxylic acids is 1. The SMILES string of the molecule is O=C(O)CC(=O)OC(C1CC2CCC1CC2)C1CC2CCC1CC2. The molecule has 1 N–H and O–H groups in total. The van der Waals surface area contributed by atoms with Crippen molar-refractivity contribution in [2.45, 2.75) is 76.7 Å². The Kier molecular flexibility index (Phi) is 4.57.